The van der Waals surface area contributed by atoms with Crippen molar-refractivity contribution in [3.8, 4) is 0 Å². The van der Waals surface area contributed by atoms with Crippen LogP contribution in [0.25, 0.3) is 0 Å². The van der Waals surface area contributed by atoms with E-state index in [1.807, 2.05) is 18.2 Å². The molecule has 0 aliphatic carbocycles. The Bertz CT molecular complexity index is 400. The molecule has 152 valence electrons. The molecule has 0 aliphatic rings. The minimum atomic E-state index is -1.11. The van der Waals surface area contributed by atoms with Crippen LogP contribution in [0.1, 0.15) is 89.5 Å². The Morgan fingerprint density at radius 3 is 1.65 bits per heavy atom. The molecular weight excluding hydrogens is 363 g/mol. The van der Waals surface area contributed by atoms with E-state index in [9.17, 15) is 10.2 Å². The van der Waals surface area contributed by atoms with Gasteiger partial charge in [-0.2, -0.15) is 0 Å². The van der Waals surface area contributed by atoms with Crippen molar-refractivity contribution in [2.24, 2.45) is 0 Å². The van der Waals surface area contributed by atoms with Gasteiger partial charge in [0.1, 0.15) is 0 Å². The SMILES string of the molecule is CCCCCCCCCCCCCC[PH+](Cc1ccccc1)C(O)O.[Cl-]. The molecule has 0 spiro atoms. The summed E-state index contributed by atoms with van der Waals surface area (Å²) >= 11 is 0. The minimum Gasteiger partial charge on any atom is -1.00 e. The van der Waals surface area contributed by atoms with Crippen molar-refractivity contribution in [1.29, 1.82) is 0 Å². The summed E-state index contributed by atoms with van der Waals surface area (Å²) in [7, 11) is -1.11. The normalized spacial score (nSPS) is 12.2. The molecule has 0 aromatic heterocycles. The predicted molar refractivity (Wildman–Crippen MR) is 113 cm³/mol. The maximum absolute atomic E-state index is 9.65. The van der Waals surface area contributed by atoms with Crippen molar-refractivity contribution >= 4 is 7.92 Å². The Kier molecular flexibility index (Phi) is 18.1. The molecule has 1 aromatic carbocycles. The molecule has 1 atom stereocenters. The lowest BCUT2D eigenvalue weighted by Crippen LogP contribution is -3.00. The molecule has 0 heterocycles. The minimum absolute atomic E-state index is 0. The molecule has 0 saturated heterocycles. The first-order valence-electron chi connectivity index (χ1n) is 10.5. The van der Waals surface area contributed by atoms with Gasteiger partial charge in [0.2, 0.25) is 0 Å². The van der Waals surface area contributed by atoms with E-state index in [2.05, 4.69) is 19.1 Å². The van der Waals surface area contributed by atoms with Gasteiger partial charge in [-0.1, -0.05) is 101 Å². The van der Waals surface area contributed by atoms with Crippen LogP contribution in [0.5, 0.6) is 0 Å². The molecule has 2 N–H and O–H groups in total. The molecule has 0 radical (unpaired) electrons. The quantitative estimate of drug-likeness (QED) is 0.253. The zero-order chi connectivity index (χ0) is 18.2. The number of hydrogen-bond acceptors (Lipinski definition) is 2. The van der Waals surface area contributed by atoms with E-state index in [1.165, 1.54) is 76.2 Å². The largest absolute Gasteiger partial charge is 1.00 e. The molecule has 0 fully saturated rings. The first kappa shape index (κ1) is 25.9. The molecule has 26 heavy (non-hydrogen) atoms. The fraction of sp³-hybridized carbons (Fsp3) is 0.727. The number of halogens is 1. The number of aliphatic hydroxyl groups is 2. The Morgan fingerprint density at radius 2 is 1.19 bits per heavy atom. The summed E-state index contributed by atoms with van der Waals surface area (Å²) < 4.78 is 0. The molecule has 1 unspecified atom stereocenters. The summed E-state index contributed by atoms with van der Waals surface area (Å²) in [5.74, 6) is 0. The van der Waals surface area contributed by atoms with E-state index < -0.39 is 14.0 Å². The molecule has 1 aromatic rings. The third-order valence-electron chi connectivity index (χ3n) is 4.99. The zero-order valence-electron chi connectivity index (χ0n) is 16.6. The summed E-state index contributed by atoms with van der Waals surface area (Å²) in [5, 5.41) is 19.3. The van der Waals surface area contributed by atoms with Crippen molar-refractivity contribution < 1.29 is 22.6 Å². The highest BCUT2D eigenvalue weighted by atomic mass is 35.5. The first-order chi connectivity index (χ1) is 12.2. The molecule has 1 rings (SSSR count). The lowest BCUT2D eigenvalue weighted by molar-refractivity contribution is -0.0000226. The Labute approximate surface area is 169 Å². The van der Waals surface area contributed by atoms with Crippen LogP contribution in [0, 0.1) is 0 Å². The average Bonchev–Trinajstić information content (AvgIpc) is 2.62. The predicted octanol–water partition coefficient (Wildman–Crippen LogP) is 3.37. The Hall–Kier alpha value is -0.140. The van der Waals surface area contributed by atoms with Crippen molar-refractivity contribution in [1.82, 2.24) is 0 Å². The molecular formula is C22H40ClO2P. The van der Waals surface area contributed by atoms with Crippen LogP contribution in [0.3, 0.4) is 0 Å². The fourth-order valence-electron chi connectivity index (χ4n) is 3.36. The van der Waals surface area contributed by atoms with Crippen LogP contribution in [-0.2, 0) is 6.16 Å². The number of hydrogen-bond donors (Lipinski definition) is 2. The third-order valence-corrected chi connectivity index (χ3v) is 7.58. The van der Waals surface area contributed by atoms with Gasteiger partial charge >= 0.3 is 0 Å². The highest BCUT2D eigenvalue weighted by molar-refractivity contribution is 7.57. The maximum atomic E-state index is 9.65. The summed E-state index contributed by atoms with van der Waals surface area (Å²) in [6.07, 6.45) is 18.1. The van der Waals surface area contributed by atoms with E-state index in [0.717, 1.165) is 18.7 Å². The molecule has 2 nitrogen and oxygen atoms in total. The lowest BCUT2D eigenvalue weighted by atomic mass is 10.1. The van der Waals surface area contributed by atoms with E-state index in [1.54, 1.807) is 0 Å². The van der Waals surface area contributed by atoms with Crippen molar-refractivity contribution in [2.45, 2.75) is 96.2 Å². The van der Waals surface area contributed by atoms with Gasteiger partial charge in [0.15, 0.2) is 0 Å². The molecule has 0 saturated carbocycles. The van der Waals surface area contributed by atoms with Gasteiger partial charge in [0.25, 0.3) is 6.03 Å². The molecule has 0 aliphatic heterocycles. The third kappa shape index (κ3) is 14.0. The van der Waals surface area contributed by atoms with E-state index in [4.69, 9.17) is 0 Å². The van der Waals surface area contributed by atoms with Gasteiger partial charge < -0.3 is 22.6 Å². The van der Waals surface area contributed by atoms with Crippen LogP contribution in [0.2, 0.25) is 0 Å². The number of unbranched alkanes of at least 4 members (excludes halogenated alkanes) is 11. The molecule has 0 bridgehead atoms. The monoisotopic (exact) mass is 402 g/mol. The van der Waals surface area contributed by atoms with Crippen molar-refractivity contribution in [3.05, 3.63) is 35.9 Å². The Balaban J connectivity index is 0.00000625. The van der Waals surface area contributed by atoms with Gasteiger partial charge in [-0.15, -0.1) is 0 Å². The number of aliphatic hydroxyl groups excluding tert-OH is 1. The maximum Gasteiger partial charge on any atom is 0.266 e. The lowest BCUT2D eigenvalue weighted by Gasteiger charge is -2.12. The second-order valence-corrected chi connectivity index (χ2v) is 10.0. The molecule has 0 amide bonds. The highest BCUT2D eigenvalue weighted by Gasteiger charge is 2.23. The van der Waals surface area contributed by atoms with Crippen LogP contribution in [0.15, 0.2) is 30.3 Å². The van der Waals surface area contributed by atoms with Crippen molar-refractivity contribution in [2.75, 3.05) is 6.16 Å². The second-order valence-electron chi connectivity index (χ2n) is 7.33. The molecule has 4 heteroatoms. The smallest absolute Gasteiger partial charge is 0.266 e. The summed E-state index contributed by atoms with van der Waals surface area (Å²) in [4.78, 5) is 0. The van der Waals surface area contributed by atoms with Gasteiger partial charge in [-0.05, 0) is 18.4 Å². The van der Waals surface area contributed by atoms with Crippen molar-refractivity contribution in [3.63, 3.8) is 0 Å². The van der Waals surface area contributed by atoms with Crippen LogP contribution in [0.4, 0.5) is 0 Å². The zero-order valence-corrected chi connectivity index (χ0v) is 18.4. The Morgan fingerprint density at radius 1 is 0.731 bits per heavy atom. The fourth-order valence-corrected chi connectivity index (χ4v) is 5.44. The van der Waals surface area contributed by atoms with Crippen LogP contribution >= 0.6 is 7.92 Å². The topological polar surface area (TPSA) is 40.5 Å². The second kappa shape index (κ2) is 18.2. The first-order valence-corrected chi connectivity index (χ1v) is 12.5. The number of rotatable bonds is 16. The van der Waals surface area contributed by atoms with E-state index >= 15 is 0 Å². The van der Waals surface area contributed by atoms with Gasteiger partial charge in [0.05, 0.1) is 20.2 Å². The highest BCUT2D eigenvalue weighted by Crippen LogP contribution is 2.43. The summed E-state index contributed by atoms with van der Waals surface area (Å²) in [6.45, 7) is 2.27. The standard InChI is InChI=1S/C22H39O2P.ClH/c1-2-3-4-5-6-7-8-9-10-11-12-16-19-25(22(23)24)20-21-17-14-13-15-18-21;/h13-15,17-18,22-24H,2-12,16,19-20H2,1H3;1H. The van der Waals surface area contributed by atoms with Gasteiger partial charge in [0, 0.05) is 0 Å². The summed E-state index contributed by atoms with van der Waals surface area (Å²) in [5.41, 5.74) is 1.24. The van der Waals surface area contributed by atoms with Crippen LogP contribution in [-0.4, -0.2) is 22.4 Å². The van der Waals surface area contributed by atoms with E-state index in [-0.39, 0.29) is 12.4 Å². The van der Waals surface area contributed by atoms with Crippen LogP contribution < -0.4 is 12.4 Å². The van der Waals surface area contributed by atoms with Gasteiger partial charge in [-0.3, -0.25) is 0 Å². The van der Waals surface area contributed by atoms with Gasteiger partial charge in [-0.25, -0.2) is 0 Å². The summed E-state index contributed by atoms with van der Waals surface area (Å²) in [6, 6.07) is 9.16. The van der Waals surface area contributed by atoms with E-state index in [0.29, 0.717) is 0 Å². The average molecular weight is 403 g/mol. The number of benzene rings is 1.